The molecule has 96 valence electrons. The third kappa shape index (κ3) is 2.41. The minimum absolute atomic E-state index is 0.133. The molecule has 0 aromatic carbocycles. The summed E-state index contributed by atoms with van der Waals surface area (Å²) < 4.78 is 26.8. The summed E-state index contributed by atoms with van der Waals surface area (Å²) in [7, 11) is -3.28. The van der Waals surface area contributed by atoms with E-state index < -0.39 is 10.0 Å². The van der Waals surface area contributed by atoms with Crippen LogP contribution in [0.2, 0.25) is 0 Å². The first-order chi connectivity index (χ1) is 7.93. The molecule has 1 unspecified atom stereocenters. The molecule has 2 heterocycles. The van der Waals surface area contributed by atoms with E-state index in [2.05, 4.69) is 0 Å². The van der Waals surface area contributed by atoms with Crippen LogP contribution in [0.3, 0.4) is 0 Å². The second-order valence-corrected chi connectivity index (χ2v) is 8.06. The highest BCUT2D eigenvalue weighted by atomic mass is 32.2. The lowest BCUT2D eigenvalue weighted by Gasteiger charge is -2.32. The number of hydrogen-bond donors (Lipinski definition) is 0. The fourth-order valence-electron chi connectivity index (χ4n) is 2.42. The van der Waals surface area contributed by atoms with Crippen LogP contribution in [0.25, 0.3) is 0 Å². The van der Waals surface area contributed by atoms with Crippen molar-refractivity contribution in [1.82, 2.24) is 4.31 Å². The number of thiophene rings is 1. The van der Waals surface area contributed by atoms with Crippen molar-refractivity contribution in [3.05, 3.63) is 15.8 Å². The molecule has 0 radical (unpaired) electrons. The molecule has 1 aliphatic heterocycles. The predicted octanol–water partition coefficient (Wildman–Crippen LogP) is 2.93. The van der Waals surface area contributed by atoms with Gasteiger partial charge in [-0.3, -0.25) is 0 Å². The monoisotopic (exact) mass is 273 g/mol. The lowest BCUT2D eigenvalue weighted by atomic mass is 10.1. The molecule has 0 aliphatic carbocycles. The number of aryl methyl sites for hydroxylation is 2. The average Bonchev–Trinajstić information content (AvgIpc) is 2.59. The zero-order chi connectivity index (χ0) is 12.6. The third-order valence-corrected chi connectivity index (χ3v) is 6.56. The van der Waals surface area contributed by atoms with E-state index in [0.717, 1.165) is 29.0 Å². The van der Waals surface area contributed by atoms with Gasteiger partial charge in [0.1, 0.15) is 0 Å². The Balaban J connectivity index is 2.39. The minimum atomic E-state index is -3.28. The molecule has 0 N–H and O–H groups in total. The molecular formula is C12H19NO2S2. The van der Waals surface area contributed by atoms with Crippen molar-refractivity contribution in [3.8, 4) is 0 Å². The number of hydrogen-bond acceptors (Lipinski definition) is 3. The maximum Gasteiger partial charge on any atom is 0.244 e. The van der Waals surface area contributed by atoms with Crippen molar-refractivity contribution in [2.24, 2.45) is 0 Å². The molecule has 1 aromatic heterocycles. The van der Waals surface area contributed by atoms with Crippen LogP contribution >= 0.6 is 11.3 Å². The molecule has 0 bridgehead atoms. The summed E-state index contributed by atoms with van der Waals surface area (Å²) in [4.78, 5) is 2.47. The highest BCUT2D eigenvalue weighted by Crippen LogP contribution is 2.31. The quantitative estimate of drug-likeness (QED) is 0.831. The van der Waals surface area contributed by atoms with Crippen molar-refractivity contribution in [1.29, 1.82) is 0 Å². The summed E-state index contributed by atoms with van der Waals surface area (Å²) in [6, 6.07) is 1.93. The smallest absolute Gasteiger partial charge is 0.207 e. The van der Waals surface area contributed by atoms with Crippen molar-refractivity contribution in [3.63, 3.8) is 0 Å². The molecular weight excluding hydrogens is 254 g/mol. The van der Waals surface area contributed by atoms with Gasteiger partial charge in [0.25, 0.3) is 0 Å². The lowest BCUT2D eigenvalue weighted by molar-refractivity contribution is 0.268. The molecule has 17 heavy (non-hydrogen) atoms. The van der Waals surface area contributed by atoms with Crippen LogP contribution in [-0.2, 0) is 10.0 Å². The van der Waals surface area contributed by atoms with Crippen LogP contribution in [0.5, 0.6) is 0 Å². The summed E-state index contributed by atoms with van der Waals surface area (Å²) in [6.45, 7) is 6.51. The fraction of sp³-hybridized carbons (Fsp3) is 0.667. The van der Waals surface area contributed by atoms with Gasteiger partial charge in [-0.2, -0.15) is 4.31 Å². The Morgan fingerprint density at radius 3 is 2.59 bits per heavy atom. The van der Waals surface area contributed by atoms with E-state index in [1.165, 1.54) is 0 Å². The zero-order valence-electron chi connectivity index (χ0n) is 10.6. The minimum Gasteiger partial charge on any atom is -0.207 e. The van der Waals surface area contributed by atoms with E-state index in [4.69, 9.17) is 0 Å². The summed E-state index contributed by atoms with van der Waals surface area (Å²) in [5.74, 6) is 0. The average molecular weight is 273 g/mol. The van der Waals surface area contributed by atoms with E-state index >= 15 is 0 Å². The van der Waals surface area contributed by atoms with Gasteiger partial charge in [0.05, 0.1) is 4.90 Å². The zero-order valence-corrected chi connectivity index (χ0v) is 12.2. The second-order valence-electron chi connectivity index (χ2n) is 4.74. The fourth-order valence-corrected chi connectivity index (χ4v) is 5.64. The van der Waals surface area contributed by atoms with Gasteiger partial charge in [0.15, 0.2) is 0 Å². The summed E-state index contributed by atoms with van der Waals surface area (Å²) in [6.07, 6.45) is 3.09. The Morgan fingerprint density at radius 1 is 1.35 bits per heavy atom. The van der Waals surface area contributed by atoms with Crippen LogP contribution < -0.4 is 0 Å². The molecule has 3 nitrogen and oxygen atoms in total. The van der Waals surface area contributed by atoms with Crippen LogP contribution in [0.1, 0.15) is 35.9 Å². The first-order valence-corrected chi connectivity index (χ1v) is 8.27. The van der Waals surface area contributed by atoms with E-state index in [9.17, 15) is 8.42 Å². The summed E-state index contributed by atoms with van der Waals surface area (Å²) >= 11 is 1.56. The van der Waals surface area contributed by atoms with Crippen molar-refractivity contribution >= 4 is 21.4 Å². The first kappa shape index (κ1) is 13.1. The molecule has 0 saturated carbocycles. The number of piperidine rings is 1. The highest BCUT2D eigenvalue weighted by Gasteiger charge is 2.32. The third-order valence-electron chi connectivity index (χ3n) is 3.32. The van der Waals surface area contributed by atoms with Crippen LogP contribution in [-0.4, -0.2) is 25.3 Å². The molecule has 0 spiro atoms. The maximum atomic E-state index is 12.6. The van der Waals surface area contributed by atoms with Gasteiger partial charge in [0, 0.05) is 22.3 Å². The van der Waals surface area contributed by atoms with Gasteiger partial charge < -0.3 is 0 Å². The van der Waals surface area contributed by atoms with Gasteiger partial charge in [-0.25, -0.2) is 8.42 Å². The van der Waals surface area contributed by atoms with Gasteiger partial charge in [-0.1, -0.05) is 6.42 Å². The molecule has 5 heteroatoms. The SMILES string of the molecule is Cc1cc(S(=O)(=O)N2CCCCC2C)c(C)s1. The Labute approximate surface area is 108 Å². The lowest BCUT2D eigenvalue weighted by Crippen LogP contribution is -2.41. The van der Waals surface area contributed by atoms with Crippen molar-refractivity contribution in [2.45, 2.75) is 51.0 Å². The molecule has 1 fully saturated rings. The Kier molecular flexibility index (Phi) is 3.61. The normalized spacial score (nSPS) is 22.9. The summed E-state index contributed by atoms with van der Waals surface area (Å²) in [5, 5.41) is 0. The number of nitrogens with zero attached hydrogens (tertiary/aromatic N) is 1. The topological polar surface area (TPSA) is 37.4 Å². The Morgan fingerprint density at radius 2 is 2.06 bits per heavy atom. The number of rotatable bonds is 2. The van der Waals surface area contributed by atoms with Crippen LogP contribution in [0, 0.1) is 13.8 Å². The van der Waals surface area contributed by atoms with Gasteiger partial charge in [0.2, 0.25) is 10.0 Å². The van der Waals surface area contributed by atoms with Gasteiger partial charge in [-0.15, -0.1) is 11.3 Å². The molecule has 1 aromatic rings. The van der Waals surface area contributed by atoms with Crippen LogP contribution in [0.4, 0.5) is 0 Å². The highest BCUT2D eigenvalue weighted by molar-refractivity contribution is 7.89. The standard InChI is InChI=1S/C12H19NO2S2/c1-9-6-4-5-7-13(9)17(14,15)12-8-10(2)16-11(12)3/h8-9H,4-7H2,1-3H3. The maximum absolute atomic E-state index is 12.6. The van der Waals surface area contributed by atoms with Gasteiger partial charge >= 0.3 is 0 Å². The Bertz CT molecular complexity index is 505. The van der Waals surface area contributed by atoms with E-state index in [0.29, 0.717) is 11.4 Å². The summed E-state index contributed by atoms with van der Waals surface area (Å²) in [5.41, 5.74) is 0. The van der Waals surface area contributed by atoms with Crippen molar-refractivity contribution in [2.75, 3.05) is 6.54 Å². The molecule has 2 rings (SSSR count). The molecule has 1 aliphatic rings. The Hall–Kier alpha value is -0.390. The van der Waals surface area contributed by atoms with E-state index in [1.807, 2.05) is 20.8 Å². The largest absolute Gasteiger partial charge is 0.244 e. The number of sulfonamides is 1. The molecule has 0 amide bonds. The van der Waals surface area contributed by atoms with Crippen LogP contribution in [0.15, 0.2) is 11.0 Å². The van der Waals surface area contributed by atoms with E-state index in [-0.39, 0.29) is 6.04 Å². The molecule has 1 saturated heterocycles. The second kappa shape index (κ2) is 4.71. The first-order valence-electron chi connectivity index (χ1n) is 6.02. The predicted molar refractivity (Wildman–Crippen MR) is 71.0 cm³/mol. The van der Waals surface area contributed by atoms with Crippen molar-refractivity contribution < 1.29 is 8.42 Å². The van der Waals surface area contributed by atoms with E-state index in [1.54, 1.807) is 21.7 Å². The van der Waals surface area contributed by atoms with Gasteiger partial charge in [-0.05, 0) is 39.7 Å². The molecule has 1 atom stereocenters.